The van der Waals surface area contributed by atoms with Crippen LogP contribution in [0.3, 0.4) is 0 Å². The number of likely N-dealkylation sites (N-methyl/N-ethyl adjacent to an activating group) is 1. The molecule has 0 unspecified atom stereocenters. The minimum atomic E-state index is -0.531. The fraction of sp³-hybridized carbons (Fsp3) is 0.846. The van der Waals surface area contributed by atoms with Gasteiger partial charge in [0.25, 0.3) is 0 Å². The molecule has 0 aromatic rings. The molecule has 1 amide bonds. The van der Waals surface area contributed by atoms with Gasteiger partial charge in [0.15, 0.2) is 0 Å². The van der Waals surface area contributed by atoms with Crippen LogP contribution < -0.4 is 0 Å². The standard InChI is InChI=1S/C39H66N2O7.11H2/c1-26(24-39(6)37(48-39)29(4)36(45-8)30(5)42)10-9-11-27(2)35-28(3)12-17-33(47-35)18-19-34(43)32-15-13-31(14-16-32)25-46-38(44)41-22-20-40(7)21-23-41;;;;;;;;;;;/h9-11,26,28-33,35-37,42H,12-25H2,1-8H3;11*1H/b10-9+,27-11+;;;;;;;;;;;/t26-,28+,29-,30-,31?,32?,33-,35-,36-,37-,39-;;;;;;;;;;;/m1.........../s1. The Balaban J connectivity index is -0.000000394. The summed E-state index contributed by atoms with van der Waals surface area (Å²) in [5.74, 6) is 1.78. The summed E-state index contributed by atoms with van der Waals surface area (Å²) in [5, 5.41) is 10.1. The van der Waals surface area contributed by atoms with Crippen molar-refractivity contribution < 1.29 is 49.3 Å². The summed E-state index contributed by atoms with van der Waals surface area (Å²) in [5.41, 5.74) is 1.03. The van der Waals surface area contributed by atoms with Gasteiger partial charge in [0, 0.05) is 67.2 Å². The molecule has 3 heterocycles. The Morgan fingerprint density at radius 3 is 2.40 bits per heavy atom. The van der Waals surface area contributed by atoms with Crippen molar-refractivity contribution in [2.24, 2.45) is 29.6 Å². The average Bonchev–Trinajstić information content (AvgIpc) is 3.73. The Bertz CT molecular complexity index is 1130. The lowest BCUT2D eigenvalue weighted by Crippen LogP contribution is -2.47. The summed E-state index contributed by atoms with van der Waals surface area (Å²) in [6.07, 6.45) is 14.0. The topological polar surface area (TPSA) is 101 Å². The van der Waals surface area contributed by atoms with Crippen LogP contribution in [0.2, 0.25) is 0 Å². The number of ether oxygens (including phenoxy) is 4. The molecule has 0 bridgehead atoms. The van der Waals surface area contributed by atoms with E-state index in [1.54, 1.807) is 14.0 Å². The van der Waals surface area contributed by atoms with Gasteiger partial charge in [-0.1, -0.05) is 39.0 Å². The van der Waals surface area contributed by atoms with Crippen molar-refractivity contribution in [3.63, 3.8) is 0 Å². The molecule has 0 aromatic carbocycles. The maximum atomic E-state index is 13.2. The van der Waals surface area contributed by atoms with Crippen LogP contribution in [0, 0.1) is 29.6 Å². The van der Waals surface area contributed by atoms with Gasteiger partial charge in [-0.15, -0.1) is 0 Å². The molecule has 4 rings (SSSR count). The monoisotopic (exact) mass is 697 g/mol. The molecular formula is C39H88N2O7. The van der Waals surface area contributed by atoms with Gasteiger partial charge in [-0.2, -0.15) is 0 Å². The van der Waals surface area contributed by atoms with E-state index in [1.807, 2.05) is 4.90 Å². The molecule has 0 aromatic heterocycles. The molecule has 3 saturated heterocycles. The van der Waals surface area contributed by atoms with Crippen LogP contribution >= 0.6 is 0 Å². The number of hydrogen-bond acceptors (Lipinski definition) is 8. The van der Waals surface area contributed by atoms with Crippen LogP contribution in [0.1, 0.15) is 115 Å². The lowest BCUT2D eigenvalue weighted by molar-refractivity contribution is -0.126. The van der Waals surface area contributed by atoms with E-state index in [4.69, 9.17) is 18.9 Å². The third kappa shape index (κ3) is 10.9. The Kier molecular flexibility index (Phi) is 14.6. The number of methoxy groups -OCH3 is 1. The molecule has 0 radical (unpaired) electrons. The van der Waals surface area contributed by atoms with Gasteiger partial charge in [0.1, 0.15) is 5.78 Å². The summed E-state index contributed by atoms with van der Waals surface area (Å²) >= 11 is 0. The van der Waals surface area contributed by atoms with E-state index in [2.05, 4.69) is 64.8 Å². The SMILES string of the molecule is CO[C@H]([C@@H](C)[C@H]1O[C@]1(C)C[C@H](C)/C=C/C=C(\C)[C@H]1O[C@@H](CCC(=O)C2CCC(COC(=O)N3CCN(C)CC3)CC2)CC[C@@H]1C)[C@@H](C)O.[HH].[HH].[HH].[HH].[HH].[HH].[HH].[HH].[HH].[HH].[HH]. The van der Waals surface area contributed by atoms with Crippen LogP contribution in [0.25, 0.3) is 0 Å². The molecule has 4 fully saturated rings. The van der Waals surface area contributed by atoms with Crippen LogP contribution in [-0.2, 0) is 23.7 Å². The molecule has 0 spiro atoms. The van der Waals surface area contributed by atoms with Crippen molar-refractivity contribution in [3.8, 4) is 0 Å². The number of ketones is 1. The quantitative estimate of drug-likeness (QED) is 0.134. The highest BCUT2D eigenvalue weighted by atomic mass is 16.6. The van der Waals surface area contributed by atoms with Crippen LogP contribution in [-0.4, -0.2) is 110 Å². The highest BCUT2D eigenvalue weighted by Crippen LogP contribution is 2.47. The first-order chi connectivity index (χ1) is 22.8. The number of allylic oxidation sites excluding steroid dienone is 3. The smallest absolute Gasteiger partial charge is 0.409 e. The number of carbonyl (C=O) groups excluding carboxylic acids is 2. The van der Waals surface area contributed by atoms with Crippen molar-refractivity contribution >= 4 is 11.9 Å². The Labute approximate surface area is 307 Å². The van der Waals surface area contributed by atoms with E-state index >= 15 is 0 Å². The van der Waals surface area contributed by atoms with E-state index < -0.39 is 6.10 Å². The molecule has 9 heteroatoms. The number of epoxide rings is 1. The molecule has 9 nitrogen and oxygen atoms in total. The number of nitrogens with zero attached hydrogens (tertiary/aromatic N) is 2. The summed E-state index contributed by atoms with van der Waals surface area (Å²) in [6, 6.07) is 0. The second kappa shape index (κ2) is 17.9. The van der Waals surface area contributed by atoms with Gasteiger partial charge >= 0.3 is 6.09 Å². The lowest BCUT2D eigenvalue weighted by atomic mass is 9.79. The zero-order valence-electron chi connectivity index (χ0n) is 31.2. The van der Waals surface area contributed by atoms with Crippen molar-refractivity contribution in [1.29, 1.82) is 0 Å². The second-order valence-electron chi connectivity index (χ2n) is 16.0. The Hall–Kier alpha value is -1.78. The van der Waals surface area contributed by atoms with Gasteiger partial charge in [-0.25, -0.2) is 4.79 Å². The minimum absolute atomic E-state index is 0. The van der Waals surface area contributed by atoms with Crippen molar-refractivity contribution in [2.45, 2.75) is 135 Å². The van der Waals surface area contributed by atoms with Gasteiger partial charge < -0.3 is 33.9 Å². The number of carbonyl (C=O) groups is 2. The summed E-state index contributed by atoms with van der Waals surface area (Å²) in [6.45, 7) is 16.4. The number of piperazine rings is 1. The molecular weight excluding hydrogens is 608 g/mol. The zero-order valence-corrected chi connectivity index (χ0v) is 31.2. The number of aliphatic hydroxyl groups is 1. The van der Waals surface area contributed by atoms with Crippen LogP contribution in [0.4, 0.5) is 4.79 Å². The largest absolute Gasteiger partial charge is 0.449 e. The van der Waals surface area contributed by atoms with Crippen molar-refractivity contribution in [1.82, 2.24) is 9.80 Å². The molecule has 1 saturated carbocycles. The van der Waals surface area contributed by atoms with E-state index in [0.29, 0.717) is 36.6 Å². The van der Waals surface area contributed by atoms with Crippen LogP contribution in [0.15, 0.2) is 23.8 Å². The third-order valence-corrected chi connectivity index (χ3v) is 11.7. The maximum absolute atomic E-state index is 13.2. The average molecular weight is 697 g/mol. The first-order valence-electron chi connectivity index (χ1n) is 18.8. The fourth-order valence-electron chi connectivity index (χ4n) is 8.51. The van der Waals surface area contributed by atoms with E-state index in [9.17, 15) is 14.7 Å². The minimum Gasteiger partial charge on any atom is -0.449 e. The number of hydrogen-bond donors (Lipinski definition) is 1. The third-order valence-electron chi connectivity index (χ3n) is 11.7. The predicted octanol–water partition coefficient (Wildman–Crippen LogP) is 9.13. The Morgan fingerprint density at radius 1 is 1.06 bits per heavy atom. The van der Waals surface area contributed by atoms with E-state index in [1.165, 1.54) is 5.57 Å². The predicted molar refractivity (Wildman–Crippen MR) is 212 cm³/mol. The van der Waals surface area contributed by atoms with Gasteiger partial charge in [-0.05, 0) is 103 Å². The first-order valence-corrected chi connectivity index (χ1v) is 18.8. The van der Waals surface area contributed by atoms with Gasteiger partial charge in [0.05, 0.1) is 42.7 Å². The molecule has 48 heavy (non-hydrogen) atoms. The van der Waals surface area contributed by atoms with Gasteiger partial charge in [0.2, 0.25) is 0 Å². The molecule has 9 atom stereocenters. The summed E-state index contributed by atoms with van der Waals surface area (Å²) < 4.78 is 23.9. The fourth-order valence-corrected chi connectivity index (χ4v) is 8.51. The molecule has 1 aliphatic carbocycles. The van der Waals surface area contributed by atoms with Gasteiger partial charge in [-0.3, -0.25) is 4.79 Å². The van der Waals surface area contributed by atoms with Crippen molar-refractivity contribution in [3.05, 3.63) is 23.8 Å². The molecule has 3 aliphatic heterocycles. The zero-order chi connectivity index (χ0) is 35.0. The Morgan fingerprint density at radius 2 is 1.75 bits per heavy atom. The normalized spacial score (nSPS) is 34.4. The molecule has 4 aliphatic rings. The van der Waals surface area contributed by atoms with Crippen LogP contribution in [0.5, 0.6) is 0 Å². The number of rotatable bonds is 15. The number of amides is 1. The number of Topliss-reactive ketones (excluding diaryl/α,β-unsaturated/α-hetero) is 1. The molecule has 1 N–H and O–H groups in total. The summed E-state index contributed by atoms with van der Waals surface area (Å²) in [7, 11) is 3.73. The highest BCUT2D eigenvalue weighted by Gasteiger charge is 2.56. The number of aliphatic hydroxyl groups excluding tert-OH is 1. The van der Waals surface area contributed by atoms with E-state index in [0.717, 1.165) is 77.5 Å². The highest BCUT2D eigenvalue weighted by molar-refractivity contribution is 5.81. The van der Waals surface area contributed by atoms with Crippen molar-refractivity contribution in [2.75, 3.05) is 46.9 Å². The van der Waals surface area contributed by atoms with E-state index in [-0.39, 0.29) is 63.6 Å². The first kappa shape index (κ1) is 39.0. The summed E-state index contributed by atoms with van der Waals surface area (Å²) in [4.78, 5) is 29.6. The molecule has 296 valence electrons. The second-order valence-corrected chi connectivity index (χ2v) is 16.0. The lowest BCUT2D eigenvalue weighted by Gasteiger charge is -2.36. The maximum Gasteiger partial charge on any atom is 0.409 e.